The summed E-state index contributed by atoms with van der Waals surface area (Å²) in [5.41, 5.74) is -0.632. The van der Waals surface area contributed by atoms with Gasteiger partial charge >= 0.3 is 5.69 Å². The van der Waals surface area contributed by atoms with E-state index in [9.17, 15) is 18.9 Å². The van der Waals surface area contributed by atoms with E-state index in [1.807, 2.05) is 0 Å². The average molecular weight is 225 g/mol. The summed E-state index contributed by atoms with van der Waals surface area (Å²) in [5.74, 6) is -1.95. The number of H-pyrrole nitrogens is 1. The van der Waals surface area contributed by atoms with Crippen LogP contribution < -0.4 is 0 Å². The lowest BCUT2D eigenvalue weighted by Gasteiger charge is -2.00. The van der Waals surface area contributed by atoms with Crippen molar-refractivity contribution in [1.82, 2.24) is 10.2 Å². The maximum Gasteiger partial charge on any atom is 0.307 e. The molecule has 0 saturated heterocycles. The van der Waals surface area contributed by atoms with Crippen LogP contribution in [0.5, 0.6) is 0 Å². The van der Waals surface area contributed by atoms with E-state index < -0.39 is 22.2 Å². The van der Waals surface area contributed by atoms with E-state index in [4.69, 9.17) is 0 Å². The minimum atomic E-state index is -1.08. The SMILES string of the molecule is O=[N+]([O-])c1cc(F)c(-c2cn[nH]c2)cc1F. The van der Waals surface area contributed by atoms with Crippen molar-refractivity contribution >= 4 is 5.69 Å². The number of aromatic amines is 1. The number of nitrogens with zero attached hydrogens (tertiary/aromatic N) is 2. The Morgan fingerprint density at radius 3 is 2.62 bits per heavy atom. The Morgan fingerprint density at radius 2 is 2.06 bits per heavy atom. The third-order valence-corrected chi connectivity index (χ3v) is 2.04. The monoisotopic (exact) mass is 225 g/mol. The van der Waals surface area contributed by atoms with Crippen LogP contribution in [0, 0.1) is 21.7 Å². The fourth-order valence-corrected chi connectivity index (χ4v) is 1.30. The topological polar surface area (TPSA) is 71.8 Å². The Hall–Kier alpha value is -2.31. The van der Waals surface area contributed by atoms with Gasteiger partial charge in [0.15, 0.2) is 0 Å². The Bertz CT molecular complexity index is 540. The predicted octanol–water partition coefficient (Wildman–Crippen LogP) is 2.26. The van der Waals surface area contributed by atoms with E-state index in [1.54, 1.807) is 0 Å². The Morgan fingerprint density at radius 1 is 1.31 bits per heavy atom. The van der Waals surface area contributed by atoms with Gasteiger partial charge in [0, 0.05) is 17.3 Å². The van der Waals surface area contributed by atoms with Gasteiger partial charge in [-0.1, -0.05) is 0 Å². The number of halogens is 2. The standard InChI is InChI=1S/C9H5F2N3O2/c10-7-2-9(14(15)16)8(11)1-6(7)5-3-12-13-4-5/h1-4H,(H,12,13). The third kappa shape index (κ3) is 1.62. The summed E-state index contributed by atoms with van der Waals surface area (Å²) in [4.78, 5) is 9.38. The van der Waals surface area contributed by atoms with Crippen molar-refractivity contribution in [3.63, 3.8) is 0 Å². The highest BCUT2D eigenvalue weighted by molar-refractivity contribution is 5.64. The van der Waals surface area contributed by atoms with Crippen LogP contribution in [0.2, 0.25) is 0 Å². The molecule has 5 nitrogen and oxygen atoms in total. The van der Waals surface area contributed by atoms with Gasteiger partial charge in [-0.15, -0.1) is 0 Å². The molecule has 0 fully saturated rings. The molecule has 1 aromatic carbocycles. The molecule has 0 aliphatic carbocycles. The molecule has 0 amide bonds. The molecule has 0 saturated carbocycles. The van der Waals surface area contributed by atoms with E-state index in [2.05, 4.69) is 10.2 Å². The summed E-state index contributed by atoms with van der Waals surface area (Å²) in [7, 11) is 0. The first-order valence-electron chi connectivity index (χ1n) is 4.22. The second-order valence-corrected chi connectivity index (χ2v) is 3.03. The highest BCUT2D eigenvalue weighted by atomic mass is 19.1. The van der Waals surface area contributed by atoms with E-state index in [1.165, 1.54) is 12.4 Å². The van der Waals surface area contributed by atoms with Crippen molar-refractivity contribution in [2.75, 3.05) is 0 Å². The number of rotatable bonds is 2. The normalized spacial score (nSPS) is 10.4. The number of nitro groups is 1. The van der Waals surface area contributed by atoms with Crippen molar-refractivity contribution in [3.8, 4) is 11.1 Å². The zero-order valence-corrected chi connectivity index (χ0v) is 7.78. The van der Waals surface area contributed by atoms with Crippen LogP contribution in [0.15, 0.2) is 24.5 Å². The zero-order chi connectivity index (χ0) is 11.7. The molecule has 7 heteroatoms. The van der Waals surface area contributed by atoms with Gasteiger partial charge < -0.3 is 0 Å². The van der Waals surface area contributed by atoms with Crippen molar-refractivity contribution in [3.05, 3.63) is 46.3 Å². The molecular formula is C9H5F2N3O2. The van der Waals surface area contributed by atoms with Crippen LogP contribution in [0.25, 0.3) is 11.1 Å². The average Bonchev–Trinajstić information content (AvgIpc) is 2.73. The molecule has 1 heterocycles. The molecule has 0 atom stereocenters. The molecule has 1 N–H and O–H groups in total. The fraction of sp³-hybridized carbons (Fsp3) is 0. The molecule has 16 heavy (non-hydrogen) atoms. The lowest BCUT2D eigenvalue weighted by Crippen LogP contribution is -1.95. The molecule has 1 aromatic heterocycles. The summed E-state index contributed by atoms with van der Waals surface area (Å²) in [6.45, 7) is 0. The number of benzene rings is 1. The second kappa shape index (κ2) is 3.69. The minimum Gasteiger partial charge on any atom is -0.285 e. The summed E-state index contributed by atoms with van der Waals surface area (Å²) in [6, 6.07) is 1.33. The van der Waals surface area contributed by atoms with Gasteiger partial charge in [-0.2, -0.15) is 9.49 Å². The van der Waals surface area contributed by atoms with E-state index >= 15 is 0 Å². The van der Waals surface area contributed by atoms with Crippen LogP contribution in [-0.2, 0) is 0 Å². The van der Waals surface area contributed by atoms with Gasteiger partial charge in [0.1, 0.15) is 5.82 Å². The maximum absolute atomic E-state index is 13.4. The minimum absolute atomic E-state index is 0.0724. The fourth-order valence-electron chi connectivity index (χ4n) is 1.30. The largest absolute Gasteiger partial charge is 0.307 e. The summed E-state index contributed by atoms with van der Waals surface area (Å²) in [5, 5.41) is 16.4. The Labute approximate surface area is 87.9 Å². The van der Waals surface area contributed by atoms with Crippen LogP contribution in [0.1, 0.15) is 0 Å². The number of aromatic nitrogens is 2. The summed E-state index contributed by atoms with van der Waals surface area (Å²) in [6.07, 6.45) is 2.66. The number of nitro benzene ring substituents is 1. The van der Waals surface area contributed by atoms with Gasteiger partial charge in [-0.3, -0.25) is 15.2 Å². The number of hydrogen-bond acceptors (Lipinski definition) is 3. The first-order valence-corrected chi connectivity index (χ1v) is 4.22. The van der Waals surface area contributed by atoms with Gasteiger partial charge in [-0.25, -0.2) is 4.39 Å². The second-order valence-electron chi connectivity index (χ2n) is 3.03. The van der Waals surface area contributed by atoms with Crippen LogP contribution in [0.4, 0.5) is 14.5 Å². The molecule has 0 aliphatic heterocycles. The van der Waals surface area contributed by atoms with Crippen LogP contribution in [0.3, 0.4) is 0 Å². The van der Waals surface area contributed by atoms with Gasteiger partial charge in [0.25, 0.3) is 0 Å². The lowest BCUT2D eigenvalue weighted by molar-refractivity contribution is -0.387. The molecule has 82 valence electrons. The number of hydrogen-bond donors (Lipinski definition) is 1. The Kier molecular flexibility index (Phi) is 2.35. The van der Waals surface area contributed by atoms with Crippen molar-refractivity contribution in [2.24, 2.45) is 0 Å². The molecular weight excluding hydrogens is 220 g/mol. The Balaban J connectivity index is 2.59. The zero-order valence-electron chi connectivity index (χ0n) is 7.78. The third-order valence-electron chi connectivity index (χ3n) is 2.04. The highest BCUT2D eigenvalue weighted by Gasteiger charge is 2.19. The van der Waals surface area contributed by atoms with Crippen molar-refractivity contribution in [1.29, 1.82) is 0 Å². The smallest absolute Gasteiger partial charge is 0.285 e. The first-order chi connectivity index (χ1) is 7.59. The van der Waals surface area contributed by atoms with Crippen LogP contribution in [-0.4, -0.2) is 15.1 Å². The lowest BCUT2D eigenvalue weighted by atomic mass is 10.1. The van der Waals surface area contributed by atoms with Gasteiger partial charge in [0.2, 0.25) is 5.82 Å². The van der Waals surface area contributed by atoms with Crippen molar-refractivity contribution < 1.29 is 13.7 Å². The summed E-state index contributed by atoms with van der Waals surface area (Å²) >= 11 is 0. The highest BCUT2D eigenvalue weighted by Crippen LogP contribution is 2.27. The molecule has 2 rings (SSSR count). The molecule has 0 unspecified atom stereocenters. The molecule has 0 aliphatic rings. The molecule has 0 radical (unpaired) electrons. The number of nitrogens with one attached hydrogen (secondary N) is 1. The van der Waals surface area contributed by atoms with E-state index in [-0.39, 0.29) is 5.56 Å². The van der Waals surface area contributed by atoms with E-state index in [0.717, 1.165) is 6.07 Å². The van der Waals surface area contributed by atoms with Gasteiger partial charge in [-0.05, 0) is 6.07 Å². The predicted molar refractivity (Wildman–Crippen MR) is 50.6 cm³/mol. The quantitative estimate of drug-likeness (QED) is 0.629. The maximum atomic E-state index is 13.4. The molecule has 2 aromatic rings. The first kappa shape index (κ1) is 10.2. The van der Waals surface area contributed by atoms with E-state index in [0.29, 0.717) is 11.6 Å². The molecule has 0 spiro atoms. The van der Waals surface area contributed by atoms with Crippen LogP contribution >= 0.6 is 0 Å². The van der Waals surface area contributed by atoms with Gasteiger partial charge in [0.05, 0.1) is 17.2 Å². The molecule has 0 bridgehead atoms. The van der Waals surface area contributed by atoms with Crippen molar-refractivity contribution in [2.45, 2.75) is 0 Å². The summed E-state index contributed by atoms with van der Waals surface area (Å²) < 4.78 is 26.7.